The van der Waals surface area contributed by atoms with E-state index in [-0.39, 0.29) is 0 Å². The van der Waals surface area contributed by atoms with E-state index in [0.29, 0.717) is 0 Å². The van der Waals surface area contributed by atoms with E-state index in [2.05, 4.69) is 11.0 Å². The van der Waals surface area contributed by atoms with Crippen LogP contribution in [0.1, 0.15) is 17.4 Å². The van der Waals surface area contributed by atoms with Crippen molar-refractivity contribution in [2.24, 2.45) is 0 Å². The minimum Gasteiger partial charge on any atom is -0.374 e. The molecule has 1 unspecified atom stereocenters. The van der Waals surface area contributed by atoms with Crippen LogP contribution in [0.25, 0.3) is 0 Å². The Morgan fingerprint density at radius 2 is 2.14 bits per heavy atom. The maximum absolute atomic E-state index is 9.99. The largest absolute Gasteiger partial charge is 0.374 e. The fourth-order valence-electron chi connectivity index (χ4n) is 1.92. The van der Waals surface area contributed by atoms with Crippen molar-refractivity contribution in [2.45, 2.75) is 12.8 Å². The Morgan fingerprint density at radius 1 is 1.43 bits per heavy atom. The molecular weight excluding hydrogens is 176 g/mol. The number of nitrogens with zero attached hydrogens (tertiary/aromatic N) is 2. The third-order valence-electron chi connectivity index (χ3n) is 2.52. The van der Waals surface area contributed by atoms with Crippen molar-refractivity contribution in [1.82, 2.24) is 9.80 Å². The average Bonchev–Trinajstić information content (AvgIpc) is 2.44. The molecule has 76 valence electrons. The van der Waals surface area contributed by atoms with E-state index in [0.717, 1.165) is 18.8 Å². The lowest BCUT2D eigenvalue weighted by molar-refractivity contribution is -0.0126. The topological polar surface area (TPSA) is 26.7 Å². The SMILES string of the molecule is CN(C)CN1Cc2ccccc2C1O. The fraction of sp³-hybridized carbons (Fsp3) is 0.455. The molecule has 1 aromatic rings. The summed E-state index contributed by atoms with van der Waals surface area (Å²) in [5, 5.41) is 9.99. The van der Waals surface area contributed by atoms with Crippen molar-refractivity contribution in [3.8, 4) is 0 Å². The lowest BCUT2D eigenvalue weighted by atomic mass is 10.1. The van der Waals surface area contributed by atoms with Crippen LogP contribution >= 0.6 is 0 Å². The second-order valence-electron chi connectivity index (χ2n) is 4.04. The maximum atomic E-state index is 9.99. The Hall–Kier alpha value is -0.900. The van der Waals surface area contributed by atoms with Crippen LogP contribution in [0.4, 0.5) is 0 Å². The maximum Gasteiger partial charge on any atom is 0.135 e. The normalized spacial score (nSPS) is 21.6. The first-order valence-electron chi connectivity index (χ1n) is 4.83. The number of benzene rings is 1. The van der Waals surface area contributed by atoms with Gasteiger partial charge in [0.15, 0.2) is 0 Å². The van der Waals surface area contributed by atoms with Gasteiger partial charge < -0.3 is 5.11 Å². The fourth-order valence-corrected chi connectivity index (χ4v) is 1.92. The van der Waals surface area contributed by atoms with Crippen molar-refractivity contribution in [3.05, 3.63) is 35.4 Å². The molecule has 1 atom stereocenters. The van der Waals surface area contributed by atoms with E-state index in [4.69, 9.17) is 0 Å². The molecule has 0 radical (unpaired) electrons. The van der Waals surface area contributed by atoms with Crippen LogP contribution in [0, 0.1) is 0 Å². The molecule has 0 bridgehead atoms. The number of fused-ring (bicyclic) bond motifs is 1. The van der Waals surface area contributed by atoms with Gasteiger partial charge in [0.1, 0.15) is 6.23 Å². The van der Waals surface area contributed by atoms with E-state index < -0.39 is 6.23 Å². The minimum atomic E-state index is -0.436. The summed E-state index contributed by atoms with van der Waals surface area (Å²) in [5.41, 5.74) is 2.29. The van der Waals surface area contributed by atoms with Gasteiger partial charge >= 0.3 is 0 Å². The van der Waals surface area contributed by atoms with E-state index in [1.165, 1.54) is 5.56 Å². The van der Waals surface area contributed by atoms with Crippen LogP contribution in [0.3, 0.4) is 0 Å². The van der Waals surface area contributed by atoms with Crippen LogP contribution in [0.2, 0.25) is 0 Å². The molecule has 0 aromatic heterocycles. The Bertz CT molecular complexity index is 325. The quantitative estimate of drug-likeness (QED) is 0.757. The lowest BCUT2D eigenvalue weighted by Gasteiger charge is -2.23. The molecule has 2 rings (SSSR count). The van der Waals surface area contributed by atoms with E-state index >= 15 is 0 Å². The standard InChI is InChI=1S/C11H16N2O/c1-12(2)8-13-7-9-5-3-4-6-10(9)11(13)14/h3-6,11,14H,7-8H2,1-2H3. The summed E-state index contributed by atoms with van der Waals surface area (Å²) in [4.78, 5) is 4.11. The summed E-state index contributed by atoms with van der Waals surface area (Å²) in [6, 6.07) is 8.07. The van der Waals surface area contributed by atoms with Crippen molar-refractivity contribution in [1.29, 1.82) is 0 Å². The van der Waals surface area contributed by atoms with Gasteiger partial charge in [-0.3, -0.25) is 9.80 Å². The number of hydrogen-bond acceptors (Lipinski definition) is 3. The summed E-state index contributed by atoms with van der Waals surface area (Å²) in [7, 11) is 4.02. The third-order valence-corrected chi connectivity index (χ3v) is 2.52. The van der Waals surface area contributed by atoms with Gasteiger partial charge in [-0.1, -0.05) is 24.3 Å². The molecule has 14 heavy (non-hydrogen) atoms. The number of hydrogen-bond donors (Lipinski definition) is 1. The zero-order chi connectivity index (χ0) is 10.1. The van der Waals surface area contributed by atoms with Gasteiger partial charge in [0.05, 0.1) is 6.67 Å². The molecule has 1 aliphatic rings. The predicted molar refractivity (Wildman–Crippen MR) is 55.5 cm³/mol. The van der Waals surface area contributed by atoms with Gasteiger partial charge in [-0.15, -0.1) is 0 Å². The smallest absolute Gasteiger partial charge is 0.135 e. The molecule has 0 saturated carbocycles. The predicted octanol–water partition coefficient (Wildman–Crippen LogP) is 1.01. The highest BCUT2D eigenvalue weighted by Gasteiger charge is 2.27. The Morgan fingerprint density at radius 3 is 2.79 bits per heavy atom. The highest BCUT2D eigenvalue weighted by Crippen LogP contribution is 2.30. The second-order valence-corrected chi connectivity index (χ2v) is 4.04. The van der Waals surface area contributed by atoms with Gasteiger partial charge in [0, 0.05) is 6.54 Å². The van der Waals surface area contributed by atoms with Gasteiger partial charge in [-0.2, -0.15) is 0 Å². The van der Waals surface area contributed by atoms with Crippen molar-refractivity contribution >= 4 is 0 Å². The molecule has 1 heterocycles. The van der Waals surface area contributed by atoms with Gasteiger partial charge in [-0.25, -0.2) is 0 Å². The summed E-state index contributed by atoms with van der Waals surface area (Å²) in [6.07, 6.45) is -0.436. The van der Waals surface area contributed by atoms with Crippen molar-refractivity contribution < 1.29 is 5.11 Å². The second kappa shape index (κ2) is 3.69. The highest BCUT2D eigenvalue weighted by atomic mass is 16.3. The summed E-state index contributed by atoms with van der Waals surface area (Å²) < 4.78 is 0. The molecule has 3 heteroatoms. The van der Waals surface area contributed by atoms with Crippen LogP contribution in [0.15, 0.2) is 24.3 Å². The van der Waals surface area contributed by atoms with Crippen molar-refractivity contribution in [3.63, 3.8) is 0 Å². The van der Waals surface area contributed by atoms with E-state index in [9.17, 15) is 5.11 Å². The molecular formula is C11H16N2O. The van der Waals surface area contributed by atoms with Gasteiger partial charge in [0.2, 0.25) is 0 Å². The molecule has 0 saturated heterocycles. The van der Waals surface area contributed by atoms with Crippen LogP contribution in [-0.4, -0.2) is 35.7 Å². The first-order valence-corrected chi connectivity index (χ1v) is 4.83. The number of aliphatic hydroxyl groups excluding tert-OH is 1. The molecule has 0 fully saturated rings. The number of aliphatic hydroxyl groups is 1. The monoisotopic (exact) mass is 192 g/mol. The molecule has 1 N–H and O–H groups in total. The van der Waals surface area contributed by atoms with Crippen molar-refractivity contribution in [2.75, 3.05) is 20.8 Å². The summed E-state index contributed by atoms with van der Waals surface area (Å²) in [6.45, 7) is 1.63. The lowest BCUT2D eigenvalue weighted by Crippen LogP contribution is -2.32. The number of rotatable bonds is 2. The van der Waals surface area contributed by atoms with Crippen LogP contribution < -0.4 is 0 Å². The molecule has 0 aliphatic carbocycles. The summed E-state index contributed by atoms with van der Waals surface area (Å²) in [5.74, 6) is 0. The first-order chi connectivity index (χ1) is 6.68. The highest BCUT2D eigenvalue weighted by molar-refractivity contribution is 5.32. The molecule has 0 amide bonds. The molecule has 1 aromatic carbocycles. The minimum absolute atomic E-state index is 0.436. The first kappa shape index (κ1) is 9.65. The average molecular weight is 192 g/mol. The Labute approximate surface area is 84.6 Å². The van der Waals surface area contributed by atoms with Crippen LogP contribution in [0.5, 0.6) is 0 Å². The molecule has 0 spiro atoms. The van der Waals surface area contributed by atoms with E-state index in [1.807, 2.05) is 37.2 Å². The molecule has 3 nitrogen and oxygen atoms in total. The molecule has 1 aliphatic heterocycles. The zero-order valence-electron chi connectivity index (χ0n) is 8.64. The van der Waals surface area contributed by atoms with Gasteiger partial charge in [0.25, 0.3) is 0 Å². The zero-order valence-corrected chi connectivity index (χ0v) is 8.64. The van der Waals surface area contributed by atoms with Gasteiger partial charge in [-0.05, 0) is 25.2 Å². The van der Waals surface area contributed by atoms with Crippen LogP contribution in [-0.2, 0) is 6.54 Å². The third kappa shape index (κ3) is 1.66. The summed E-state index contributed by atoms with van der Waals surface area (Å²) >= 11 is 0. The Balaban J connectivity index is 2.17. The Kier molecular flexibility index (Phi) is 2.54. The van der Waals surface area contributed by atoms with E-state index in [1.54, 1.807) is 0 Å².